The molecule has 2 saturated heterocycles. The van der Waals surface area contributed by atoms with Crippen LogP contribution in [0, 0.1) is 25.2 Å². The van der Waals surface area contributed by atoms with Crippen molar-refractivity contribution in [3.05, 3.63) is 65.0 Å². The van der Waals surface area contributed by atoms with E-state index in [-0.39, 0.29) is 23.1 Å². The van der Waals surface area contributed by atoms with Crippen molar-refractivity contribution in [1.29, 1.82) is 0 Å². The van der Waals surface area contributed by atoms with Crippen LogP contribution in [-0.4, -0.2) is 54.5 Å². The summed E-state index contributed by atoms with van der Waals surface area (Å²) in [5, 5.41) is 3.12. The van der Waals surface area contributed by atoms with Crippen LogP contribution >= 0.6 is 0 Å². The molecule has 1 spiro atoms. The van der Waals surface area contributed by atoms with Gasteiger partial charge in [-0.15, -0.1) is 0 Å². The maximum Gasteiger partial charge on any atom is 0.253 e. The van der Waals surface area contributed by atoms with Crippen molar-refractivity contribution in [3.8, 4) is 0 Å². The highest BCUT2D eigenvalue weighted by Gasteiger charge is 2.51. The molecule has 2 aromatic rings. The number of aromatic nitrogens is 1. The van der Waals surface area contributed by atoms with Crippen molar-refractivity contribution >= 4 is 11.8 Å². The van der Waals surface area contributed by atoms with Crippen LogP contribution in [0.4, 0.5) is 0 Å². The van der Waals surface area contributed by atoms with Gasteiger partial charge in [0, 0.05) is 56.2 Å². The fraction of sp³-hybridized carbons (Fsp3) is 0.480. The fourth-order valence-electron chi connectivity index (χ4n) is 5.05. The van der Waals surface area contributed by atoms with E-state index in [1.165, 1.54) is 0 Å². The Morgan fingerprint density at radius 3 is 2.48 bits per heavy atom. The van der Waals surface area contributed by atoms with E-state index in [4.69, 9.17) is 4.74 Å². The molecule has 3 heterocycles. The van der Waals surface area contributed by atoms with Crippen molar-refractivity contribution < 1.29 is 14.3 Å². The van der Waals surface area contributed by atoms with Crippen molar-refractivity contribution in [2.24, 2.45) is 11.3 Å². The Morgan fingerprint density at radius 1 is 1.13 bits per heavy atom. The highest BCUT2D eigenvalue weighted by atomic mass is 16.5. The molecule has 1 N–H and O–H groups in total. The van der Waals surface area contributed by atoms with Gasteiger partial charge in [0.15, 0.2) is 0 Å². The molecule has 1 unspecified atom stereocenters. The Balaban J connectivity index is 1.47. The molecule has 4 rings (SSSR count). The SMILES string of the molecule is Cc1cc(C)cc(C(=O)N2CC(C(=O)NCCc3ccncc3)C3(CCOCC3)C2)c1. The van der Waals surface area contributed by atoms with Gasteiger partial charge in [0.25, 0.3) is 5.91 Å². The molecule has 0 saturated carbocycles. The Kier molecular flexibility index (Phi) is 6.37. The van der Waals surface area contributed by atoms with E-state index < -0.39 is 0 Å². The minimum Gasteiger partial charge on any atom is -0.381 e. The summed E-state index contributed by atoms with van der Waals surface area (Å²) in [4.78, 5) is 32.4. The number of aryl methyl sites for hydroxylation is 2. The second-order valence-corrected chi connectivity index (χ2v) is 8.99. The molecule has 0 radical (unpaired) electrons. The molecular formula is C25H31N3O3. The van der Waals surface area contributed by atoms with Crippen LogP contribution in [-0.2, 0) is 16.0 Å². The first kappa shape index (κ1) is 21.5. The largest absolute Gasteiger partial charge is 0.381 e. The summed E-state index contributed by atoms with van der Waals surface area (Å²) in [5.41, 5.74) is 3.81. The summed E-state index contributed by atoms with van der Waals surface area (Å²) in [6, 6.07) is 9.87. The molecule has 6 heteroatoms. The van der Waals surface area contributed by atoms with Crippen molar-refractivity contribution in [2.75, 3.05) is 32.8 Å². The summed E-state index contributed by atoms with van der Waals surface area (Å²) in [5.74, 6) is -0.139. The van der Waals surface area contributed by atoms with Crippen LogP contribution < -0.4 is 5.32 Å². The number of rotatable bonds is 5. The second kappa shape index (κ2) is 9.18. The second-order valence-electron chi connectivity index (χ2n) is 8.99. The van der Waals surface area contributed by atoms with E-state index in [1.54, 1.807) is 12.4 Å². The van der Waals surface area contributed by atoms with Gasteiger partial charge in [0.05, 0.1) is 5.92 Å². The molecule has 31 heavy (non-hydrogen) atoms. The average Bonchev–Trinajstić information content (AvgIpc) is 3.12. The van der Waals surface area contributed by atoms with Crippen molar-refractivity contribution in [2.45, 2.75) is 33.1 Å². The minimum absolute atomic E-state index is 0.0183. The first-order valence-electron chi connectivity index (χ1n) is 11.1. The van der Waals surface area contributed by atoms with E-state index in [9.17, 15) is 9.59 Å². The van der Waals surface area contributed by atoms with Crippen LogP contribution in [0.1, 0.15) is 39.9 Å². The monoisotopic (exact) mass is 421 g/mol. The van der Waals surface area contributed by atoms with E-state index >= 15 is 0 Å². The molecule has 1 atom stereocenters. The minimum atomic E-state index is -0.205. The normalized spacial score (nSPS) is 20.1. The van der Waals surface area contributed by atoms with Gasteiger partial charge in [-0.2, -0.15) is 0 Å². The van der Waals surface area contributed by atoms with Gasteiger partial charge in [-0.1, -0.05) is 17.2 Å². The summed E-state index contributed by atoms with van der Waals surface area (Å²) in [6.45, 7) is 6.97. The Labute approximate surface area is 184 Å². The maximum atomic E-state index is 13.3. The first-order valence-corrected chi connectivity index (χ1v) is 11.1. The lowest BCUT2D eigenvalue weighted by Crippen LogP contribution is -2.44. The Morgan fingerprint density at radius 2 is 1.81 bits per heavy atom. The summed E-state index contributed by atoms with van der Waals surface area (Å²) in [6.07, 6.45) is 5.92. The molecular weight excluding hydrogens is 390 g/mol. The number of carbonyl (C=O) groups is 2. The molecule has 0 aliphatic carbocycles. The number of hydrogen-bond acceptors (Lipinski definition) is 4. The van der Waals surface area contributed by atoms with E-state index in [1.807, 2.05) is 43.0 Å². The summed E-state index contributed by atoms with van der Waals surface area (Å²) in [7, 11) is 0. The van der Waals surface area contributed by atoms with Crippen LogP contribution in [0.5, 0.6) is 0 Å². The number of hydrogen-bond donors (Lipinski definition) is 1. The van der Waals surface area contributed by atoms with Crippen LogP contribution in [0.3, 0.4) is 0 Å². The molecule has 2 aliphatic heterocycles. The number of nitrogens with one attached hydrogen (secondary N) is 1. The Bertz CT molecular complexity index is 918. The predicted molar refractivity (Wildman–Crippen MR) is 119 cm³/mol. The lowest BCUT2D eigenvalue weighted by molar-refractivity contribution is -0.129. The Hall–Kier alpha value is -2.73. The first-order chi connectivity index (χ1) is 15.0. The molecule has 2 fully saturated rings. The number of pyridine rings is 1. The third-order valence-corrected chi connectivity index (χ3v) is 6.67. The number of amides is 2. The van der Waals surface area contributed by atoms with Crippen LogP contribution in [0.15, 0.2) is 42.7 Å². The molecule has 0 bridgehead atoms. The van der Waals surface area contributed by atoms with Gasteiger partial charge in [0.1, 0.15) is 0 Å². The standard InChI is InChI=1S/C25H31N3O3/c1-18-13-19(2)15-21(14-18)24(30)28-16-22(25(17-28)6-11-31-12-7-25)23(29)27-10-5-20-3-8-26-9-4-20/h3-4,8-9,13-15,22H,5-7,10-12,16-17H2,1-2H3,(H,27,29). The highest BCUT2D eigenvalue weighted by Crippen LogP contribution is 2.44. The molecule has 1 aromatic carbocycles. The molecule has 6 nitrogen and oxygen atoms in total. The third kappa shape index (κ3) is 4.79. The van der Waals surface area contributed by atoms with Crippen molar-refractivity contribution in [1.82, 2.24) is 15.2 Å². The summed E-state index contributed by atoms with van der Waals surface area (Å²) < 4.78 is 5.59. The molecule has 2 aliphatic rings. The number of benzene rings is 1. The van der Waals surface area contributed by atoms with Crippen molar-refractivity contribution in [3.63, 3.8) is 0 Å². The van der Waals surface area contributed by atoms with E-state index in [2.05, 4.69) is 16.4 Å². The van der Waals surface area contributed by atoms with Gasteiger partial charge >= 0.3 is 0 Å². The van der Waals surface area contributed by atoms with Crippen LogP contribution in [0.25, 0.3) is 0 Å². The number of carbonyl (C=O) groups excluding carboxylic acids is 2. The van der Waals surface area contributed by atoms with Crippen LogP contribution in [0.2, 0.25) is 0 Å². The molecule has 164 valence electrons. The zero-order valence-corrected chi connectivity index (χ0v) is 18.4. The predicted octanol–water partition coefficient (Wildman–Crippen LogP) is 2.93. The smallest absolute Gasteiger partial charge is 0.253 e. The summed E-state index contributed by atoms with van der Waals surface area (Å²) >= 11 is 0. The maximum absolute atomic E-state index is 13.3. The van der Waals surface area contributed by atoms with Gasteiger partial charge < -0.3 is 15.0 Å². The molecule has 2 amide bonds. The number of likely N-dealkylation sites (tertiary alicyclic amines) is 1. The zero-order valence-electron chi connectivity index (χ0n) is 18.4. The average molecular weight is 422 g/mol. The lowest BCUT2D eigenvalue weighted by Gasteiger charge is -2.37. The van der Waals surface area contributed by atoms with Gasteiger partial charge in [-0.3, -0.25) is 14.6 Å². The fourth-order valence-corrected chi connectivity index (χ4v) is 5.05. The number of ether oxygens (including phenoxy) is 1. The molecule has 1 aromatic heterocycles. The van der Waals surface area contributed by atoms with E-state index in [0.29, 0.717) is 38.4 Å². The quantitative estimate of drug-likeness (QED) is 0.806. The lowest BCUT2D eigenvalue weighted by atomic mass is 9.71. The zero-order chi connectivity index (χ0) is 21.8. The van der Waals surface area contributed by atoms with Gasteiger partial charge in [0.2, 0.25) is 5.91 Å². The highest BCUT2D eigenvalue weighted by molar-refractivity contribution is 5.95. The van der Waals surface area contributed by atoms with E-state index in [0.717, 1.165) is 36.0 Å². The topological polar surface area (TPSA) is 71.5 Å². The van der Waals surface area contributed by atoms with Gasteiger partial charge in [-0.05, 0) is 62.9 Å². The third-order valence-electron chi connectivity index (χ3n) is 6.67. The number of nitrogens with zero attached hydrogens (tertiary/aromatic N) is 2. The van der Waals surface area contributed by atoms with Gasteiger partial charge in [-0.25, -0.2) is 0 Å².